The van der Waals surface area contributed by atoms with Crippen LogP contribution in [0.4, 0.5) is 4.79 Å². The van der Waals surface area contributed by atoms with E-state index in [4.69, 9.17) is 16.3 Å². The Morgan fingerprint density at radius 3 is 2.80 bits per heavy atom. The second-order valence-electron chi connectivity index (χ2n) is 6.16. The van der Waals surface area contributed by atoms with Gasteiger partial charge in [0, 0.05) is 23.8 Å². The average molecular weight is 365 g/mol. The first-order valence-corrected chi connectivity index (χ1v) is 8.73. The Hall–Kier alpha value is -2.21. The summed E-state index contributed by atoms with van der Waals surface area (Å²) in [6.45, 7) is 8.26. The highest BCUT2D eigenvalue weighted by molar-refractivity contribution is 6.30. The lowest BCUT2D eigenvalue weighted by atomic mass is 10.2. The van der Waals surface area contributed by atoms with Gasteiger partial charge >= 0.3 is 6.03 Å². The number of ether oxygens (including phenoxy) is 1. The predicted molar refractivity (Wildman–Crippen MR) is 99.2 cm³/mol. The van der Waals surface area contributed by atoms with Crippen molar-refractivity contribution in [3.8, 4) is 5.75 Å². The van der Waals surface area contributed by atoms with Gasteiger partial charge in [-0.25, -0.2) is 4.79 Å². The summed E-state index contributed by atoms with van der Waals surface area (Å²) in [7, 11) is 0. The number of carbonyl (C=O) groups is 1. The largest absolute Gasteiger partial charge is 0.492 e. The van der Waals surface area contributed by atoms with Crippen molar-refractivity contribution in [3.05, 3.63) is 46.7 Å². The molecule has 2 aromatic rings. The van der Waals surface area contributed by atoms with E-state index in [0.29, 0.717) is 30.5 Å². The smallest absolute Gasteiger partial charge is 0.314 e. The van der Waals surface area contributed by atoms with Gasteiger partial charge in [0.1, 0.15) is 12.4 Å². The summed E-state index contributed by atoms with van der Waals surface area (Å²) >= 11 is 5.88. The van der Waals surface area contributed by atoms with E-state index in [1.54, 1.807) is 12.1 Å². The van der Waals surface area contributed by atoms with Gasteiger partial charge < -0.3 is 15.4 Å². The topological polar surface area (TPSA) is 68.2 Å². The van der Waals surface area contributed by atoms with Gasteiger partial charge in [0.2, 0.25) is 0 Å². The first kappa shape index (κ1) is 19.1. The lowest BCUT2D eigenvalue weighted by molar-refractivity contribution is 0.234. The summed E-state index contributed by atoms with van der Waals surface area (Å²) in [6, 6.07) is 9.02. The molecule has 0 aliphatic rings. The zero-order valence-electron chi connectivity index (χ0n) is 14.9. The Labute approximate surface area is 153 Å². The number of rotatable bonds is 8. The van der Waals surface area contributed by atoms with Crippen LogP contribution in [0.25, 0.3) is 0 Å². The monoisotopic (exact) mass is 364 g/mol. The molecule has 2 amide bonds. The Balaban J connectivity index is 1.61. The number of carbonyl (C=O) groups excluding carboxylic acids is 1. The number of nitrogens with one attached hydrogen (secondary N) is 2. The number of urea groups is 1. The highest BCUT2D eigenvalue weighted by atomic mass is 35.5. The second kappa shape index (κ2) is 9.32. The third-order valence-corrected chi connectivity index (χ3v) is 3.89. The van der Waals surface area contributed by atoms with E-state index >= 15 is 0 Å². The van der Waals surface area contributed by atoms with Crippen LogP contribution in [0, 0.1) is 19.8 Å². The van der Waals surface area contributed by atoms with Crippen LogP contribution < -0.4 is 15.4 Å². The molecule has 7 heteroatoms. The molecule has 2 rings (SSSR count). The number of amides is 2. The number of halogens is 1. The minimum Gasteiger partial charge on any atom is -0.492 e. The molecule has 1 aromatic carbocycles. The Morgan fingerprint density at radius 2 is 2.12 bits per heavy atom. The van der Waals surface area contributed by atoms with E-state index in [-0.39, 0.29) is 11.9 Å². The Morgan fingerprint density at radius 1 is 1.32 bits per heavy atom. The highest BCUT2D eigenvalue weighted by Crippen LogP contribution is 2.16. The molecule has 0 aliphatic carbocycles. The fourth-order valence-electron chi connectivity index (χ4n) is 2.44. The normalized spacial score (nSPS) is 11.8. The molecular weight excluding hydrogens is 340 g/mol. The standard InChI is InChI=1S/C18H25ClN4O2/c1-13(12-23-15(3)9-14(2)22-23)11-21-18(24)20-7-8-25-17-6-4-5-16(19)10-17/h4-6,9-10,13H,7-8,11-12H2,1-3H3,(H2,20,21,24). The van der Waals surface area contributed by atoms with Crippen molar-refractivity contribution >= 4 is 17.6 Å². The van der Waals surface area contributed by atoms with Crippen LogP contribution in [0.1, 0.15) is 18.3 Å². The first-order valence-electron chi connectivity index (χ1n) is 8.35. The fraction of sp³-hybridized carbons (Fsp3) is 0.444. The zero-order chi connectivity index (χ0) is 18.2. The summed E-state index contributed by atoms with van der Waals surface area (Å²) in [5.41, 5.74) is 2.14. The summed E-state index contributed by atoms with van der Waals surface area (Å²) in [4.78, 5) is 11.8. The van der Waals surface area contributed by atoms with Gasteiger partial charge in [0.15, 0.2) is 0 Å². The molecule has 6 nitrogen and oxygen atoms in total. The van der Waals surface area contributed by atoms with Gasteiger partial charge in [-0.2, -0.15) is 5.10 Å². The summed E-state index contributed by atoms with van der Waals surface area (Å²) in [6.07, 6.45) is 0. The minimum absolute atomic E-state index is 0.199. The molecule has 0 radical (unpaired) electrons. The first-order chi connectivity index (χ1) is 11.9. The second-order valence-corrected chi connectivity index (χ2v) is 6.59. The van der Waals surface area contributed by atoms with Crippen molar-refractivity contribution in [3.63, 3.8) is 0 Å². The van der Waals surface area contributed by atoms with E-state index < -0.39 is 0 Å². The third-order valence-electron chi connectivity index (χ3n) is 3.65. The number of aromatic nitrogens is 2. The van der Waals surface area contributed by atoms with Gasteiger partial charge in [0.05, 0.1) is 12.2 Å². The molecule has 136 valence electrons. The fourth-order valence-corrected chi connectivity index (χ4v) is 2.62. The van der Waals surface area contributed by atoms with E-state index in [2.05, 4.69) is 22.7 Å². The molecule has 1 unspecified atom stereocenters. The highest BCUT2D eigenvalue weighted by Gasteiger charge is 2.08. The van der Waals surface area contributed by atoms with Crippen LogP contribution in [0.5, 0.6) is 5.75 Å². The predicted octanol–water partition coefficient (Wildman–Crippen LogP) is 3.17. The third kappa shape index (κ3) is 6.66. The van der Waals surface area contributed by atoms with Crippen LogP contribution in [0.2, 0.25) is 5.02 Å². The Kier molecular flexibility index (Phi) is 7.13. The number of hydrogen-bond acceptors (Lipinski definition) is 3. The van der Waals surface area contributed by atoms with E-state index in [9.17, 15) is 4.79 Å². The van der Waals surface area contributed by atoms with Crippen molar-refractivity contribution in [2.75, 3.05) is 19.7 Å². The molecule has 1 heterocycles. The molecule has 2 N–H and O–H groups in total. The molecule has 0 saturated carbocycles. The molecular formula is C18H25ClN4O2. The van der Waals surface area contributed by atoms with Gasteiger partial charge in [0.25, 0.3) is 0 Å². The van der Waals surface area contributed by atoms with Crippen LogP contribution in [-0.4, -0.2) is 35.5 Å². The van der Waals surface area contributed by atoms with Gasteiger partial charge in [-0.05, 0) is 44.0 Å². The quantitative estimate of drug-likeness (QED) is 0.707. The molecule has 1 aromatic heterocycles. The van der Waals surface area contributed by atoms with E-state index in [0.717, 1.165) is 17.9 Å². The van der Waals surface area contributed by atoms with Crippen molar-refractivity contribution in [1.29, 1.82) is 0 Å². The number of benzene rings is 1. The lowest BCUT2D eigenvalue weighted by Gasteiger charge is -2.14. The average Bonchev–Trinajstić information content (AvgIpc) is 2.87. The number of nitrogens with zero attached hydrogens (tertiary/aromatic N) is 2. The van der Waals surface area contributed by atoms with Gasteiger partial charge in [-0.15, -0.1) is 0 Å². The summed E-state index contributed by atoms with van der Waals surface area (Å²) < 4.78 is 7.49. The summed E-state index contributed by atoms with van der Waals surface area (Å²) in [5, 5.41) is 10.7. The van der Waals surface area contributed by atoms with Crippen LogP contribution >= 0.6 is 11.6 Å². The molecule has 0 bridgehead atoms. The van der Waals surface area contributed by atoms with Crippen molar-refractivity contribution in [2.45, 2.75) is 27.3 Å². The van der Waals surface area contributed by atoms with Crippen LogP contribution in [0.3, 0.4) is 0 Å². The molecule has 0 saturated heterocycles. The Bertz CT molecular complexity index is 702. The maximum atomic E-state index is 11.8. The maximum Gasteiger partial charge on any atom is 0.314 e. The molecule has 0 fully saturated rings. The number of hydrogen-bond donors (Lipinski definition) is 2. The maximum absolute atomic E-state index is 11.8. The molecule has 1 atom stereocenters. The van der Waals surface area contributed by atoms with Gasteiger partial charge in [-0.3, -0.25) is 4.68 Å². The minimum atomic E-state index is -0.199. The van der Waals surface area contributed by atoms with E-state index in [1.165, 1.54) is 0 Å². The van der Waals surface area contributed by atoms with Crippen molar-refractivity contribution in [1.82, 2.24) is 20.4 Å². The summed E-state index contributed by atoms with van der Waals surface area (Å²) in [5.74, 6) is 0.972. The number of aryl methyl sites for hydroxylation is 2. The van der Waals surface area contributed by atoms with Gasteiger partial charge in [-0.1, -0.05) is 24.6 Å². The van der Waals surface area contributed by atoms with Crippen molar-refractivity contribution < 1.29 is 9.53 Å². The van der Waals surface area contributed by atoms with Crippen molar-refractivity contribution in [2.24, 2.45) is 5.92 Å². The molecule has 0 spiro atoms. The van der Waals surface area contributed by atoms with Crippen LogP contribution in [-0.2, 0) is 6.54 Å². The van der Waals surface area contributed by atoms with E-state index in [1.807, 2.05) is 36.7 Å². The SMILES string of the molecule is Cc1cc(C)n(CC(C)CNC(=O)NCCOc2cccc(Cl)c2)n1. The molecule has 25 heavy (non-hydrogen) atoms. The lowest BCUT2D eigenvalue weighted by Crippen LogP contribution is -2.40. The zero-order valence-corrected chi connectivity index (χ0v) is 15.6. The van der Waals surface area contributed by atoms with Crippen LogP contribution in [0.15, 0.2) is 30.3 Å². The molecule has 0 aliphatic heterocycles.